The van der Waals surface area contributed by atoms with Crippen molar-refractivity contribution in [1.29, 1.82) is 0 Å². The highest BCUT2D eigenvalue weighted by molar-refractivity contribution is 6.33. The van der Waals surface area contributed by atoms with E-state index in [1.807, 2.05) is 47.0 Å². The number of imidazole rings is 1. The van der Waals surface area contributed by atoms with Crippen molar-refractivity contribution in [2.75, 3.05) is 24.5 Å². The van der Waals surface area contributed by atoms with Gasteiger partial charge in [-0.05, 0) is 24.3 Å². The first-order valence-electron chi connectivity index (χ1n) is 10.5. The van der Waals surface area contributed by atoms with E-state index in [-0.39, 0.29) is 24.3 Å². The quantitative estimate of drug-likeness (QED) is 0.479. The summed E-state index contributed by atoms with van der Waals surface area (Å²) >= 11 is 6.34. The molecule has 1 atom stereocenters. The van der Waals surface area contributed by atoms with E-state index in [0.717, 1.165) is 16.9 Å². The van der Waals surface area contributed by atoms with E-state index in [1.165, 1.54) is 0 Å². The summed E-state index contributed by atoms with van der Waals surface area (Å²) in [6, 6.07) is 15.0. The van der Waals surface area contributed by atoms with Gasteiger partial charge >= 0.3 is 0 Å². The number of rotatable bonds is 8. The molecule has 0 saturated carbocycles. The molecule has 1 aliphatic rings. The van der Waals surface area contributed by atoms with E-state index < -0.39 is 0 Å². The van der Waals surface area contributed by atoms with Crippen LogP contribution in [0.15, 0.2) is 73.8 Å². The lowest BCUT2D eigenvalue weighted by molar-refractivity contribution is -0.130. The summed E-state index contributed by atoms with van der Waals surface area (Å²) in [6.07, 6.45) is 3.71. The van der Waals surface area contributed by atoms with Gasteiger partial charge in [0.05, 0.1) is 21.7 Å². The maximum Gasteiger partial charge on any atom is 0.243 e. The number of carbonyl (C=O) groups is 2. The smallest absolute Gasteiger partial charge is 0.243 e. The Balaban J connectivity index is 1.68. The number of benzene rings is 2. The average molecular weight is 449 g/mol. The second kappa shape index (κ2) is 9.40. The lowest BCUT2D eigenvalue weighted by Crippen LogP contribution is -2.34. The molecule has 0 N–H and O–H groups in total. The SMILES string of the molecule is C=CCN(CC=C)C(=O)Cn1c(C2CC(=O)N(c3ccccc3Cl)C2)nc2ccccc21. The molecule has 3 aromatic rings. The number of aromatic nitrogens is 2. The zero-order chi connectivity index (χ0) is 22.7. The first-order chi connectivity index (χ1) is 15.5. The van der Waals surface area contributed by atoms with Crippen LogP contribution < -0.4 is 4.90 Å². The van der Waals surface area contributed by atoms with Gasteiger partial charge in [0.1, 0.15) is 12.4 Å². The third-order valence-corrected chi connectivity index (χ3v) is 5.98. The topological polar surface area (TPSA) is 58.4 Å². The average Bonchev–Trinajstić information content (AvgIpc) is 3.34. The Hall–Kier alpha value is -3.38. The zero-order valence-corrected chi connectivity index (χ0v) is 18.5. The molecule has 32 heavy (non-hydrogen) atoms. The van der Waals surface area contributed by atoms with Crippen molar-refractivity contribution in [3.05, 3.63) is 84.7 Å². The largest absolute Gasteiger partial charge is 0.334 e. The van der Waals surface area contributed by atoms with Gasteiger partial charge in [0.2, 0.25) is 11.8 Å². The molecule has 1 aliphatic heterocycles. The van der Waals surface area contributed by atoms with Gasteiger partial charge in [0, 0.05) is 32.0 Å². The number of hydrogen-bond acceptors (Lipinski definition) is 3. The van der Waals surface area contributed by atoms with Gasteiger partial charge in [0.25, 0.3) is 0 Å². The highest BCUT2D eigenvalue weighted by Crippen LogP contribution is 2.36. The molecule has 164 valence electrons. The van der Waals surface area contributed by atoms with Crippen LogP contribution in [-0.2, 0) is 16.1 Å². The molecule has 1 unspecified atom stereocenters. The maximum atomic E-state index is 13.1. The molecule has 4 rings (SSSR count). The summed E-state index contributed by atoms with van der Waals surface area (Å²) in [5, 5.41) is 0.537. The minimum absolute atomic E-state index is 0.00651. The Kier molecular flexibility index (Phi) is 6.42. The van der Waals surface area contributed by atoms with E-state index in [9.17, 15) is 9.59 Å². The number of amides is 2. The molecule has 2 heterocycles. The van der Waals surface area contributed by atoms with Crippen molar-refractivity contribution >= 4 is 40.1 Å². The first-order valence-corrected chi connectivity index (χ1v) is 10.9. The molecule has 1 aromatic heterocycles. The minimum atomic E-state index is -0.147. The van der Waals surface area contributed by atoms with Crippen molar-refractivity contribution < 1.29 is 9.59 Å². The molecule has 0 spiro atoms. The van der Waals surface area contributed by atoms with E-state index in [1.54, 1.807) is 28.0 Å². The Morgan fingerprint density at radius 1 is 1.12 bits per heavy atom. The fourth-order valence-corrected chi connectivity index (χ4v) is 4.42. The second-order valence-electron chi connectivity index (χ2n) is 7.78. The molecule has 0 aliphatic carbocycles. The fourth-order valence-electron chi connectivity index (χ4n) is 4.18. The van der Waals surface area contributed by atoms with Crippen LogP contribution in [0.5, 0.6) is 0 Å². The Labute approximate surface area is 192 Å². The number of para-hydroxylation sites is 3. The zero-order valence-electron chi connectivity index (χ0n) is 17.8. The molecule has 0 bridgehead atoms. The van der Waals surface area contributed by atoms with Crippen molar-refractivity contribution in [3.8, 4) is 0 Å². The molecule has 2 aromatic carbocycles. The highest BCUT2D eigenvalue weighted by atomic mass is 35.5. The van der Waals surface area contributed by atoms with Crippen molar-refractivity contribution in [1.82, 2.24) is 14.5 Å². The number of halogens is 1. The monoisotopic (exact) mass is 448 g/mol. The van der Waals surface area contributed by atoms with Crippen LogP contribution in [0.2, 0.25) is 5.02 Å². The molecule has 0 radical (unpaired) electrons. The van der Waals surface area contributed by atoms with Crippen LogP contribution in [0.1, 0.15) is 18.2 Å². The highest BCUT2D eigenvalue weighted by Gasteiger charge is 2.36. The predicted molar refractivity (Wildman–Crippen MR) is 128 cm³/mol. The van der Waals surface area contributed by atoms with Gasteiger partial charge in [0.15, 0.2) is 0 Å². The number of carbonyl (C=O) groups excluding carboxylic acids is 2. The van der Waals surface area contributed by atoms with Crippen LogP contribution in [0.4, 0.5) is 5.69 Å². The molecule has 6 nitrogen and oxygen atoms in total. The Bertz CT molecular complexity index is 1180. The van der Waals surface area contributed by atoms with Gasteiger partial charge in [-0.1, -0.05) is 48.0 Å². The number of anilines is 1. The van der Waals surface area contributed by atoms with Crippen molar-refractivity contribution in [3.63, 3.8) is 0 Å². The fraction of sp³-hybridized carbons (Fsp3) is 0.240. The molecular weight excluding hydrogens is 424 g/mol. The molecule has 1 saturated heterocycles. The summed E-state index contributed by atoms with van der Waals surface area (Å²) in [4.78, 5) is 34.2. The van der Waals surface area contributed by atoms with Crippen LogP contribution in [0.25, 0.3) is 11.0 Å². The summed E-state index contributed by atoms with van der Waals surface area (Å²) in [5.41, 5.74) is 2.37. The standard InChI is InChI=1S/C25H25ClN4O2/c1-3-13-28(14-4-2)24(32)17-30-22-12-8-6-10-20(22)27-25(30)18-15-23(31)29(16-18)21-11-7-5-9-19(21)26/h3-12,18H,1-2,13-17H2. The number of nitrogens with zero attached hydrogens (tertiary/aromatic N) is 4. The van der Waals surface area contributed by atoms with E-state index in [2.05, 4.69) is 13.2 Å². The molecule has 2 amide bonds. The molecule has 1 fully saturated rings. The second-order valence-corrected chi connectivity index (χ2v) is 8.18. The summed E-state index contributed by atoms with van der Waals surface area (Å²) in [6.45, 7) is 8.96. The van der Waals surface area contributed by atoms with Crippen molar-refractivity contribution in [2.24, 2.45) is 0 Å². The van der Waals surface area contributed by atoms with Gasteiger partial charge < -0.3 is 14.4 Å². The van der Waals surface area contributed by atoms with E-state index >= 15 is 0 Å². The third kappa shape index (κ3) is 4.18. The molecule has 7 heteroatoms. The van der Waals surface area contributed by atoms with Crippen molar-refractivity contribution in [2.45, 2.75) is 18.9 Å². The van der Waals surface area contributed by atoms with Crippen LogP contribution in [-0.4, -0.2) is 45.9 Å². The summed E-state index contributed by atoms with van der Waals surface area (Å²) in [7, 11) is 0. The molecular formula is C25H25ClN4O2. The maximum absolute atomic E-state index is 13.1. The summed E-state index contributed by atoms with van der Waals surface area (Å²) in [5.74, 6) is 0.528. The lowest BCUT2D eigenvalue weighted by Gasteiger charge is -2.21. The van der Waals surface area contributed by atoms with E-state index in [4.69, 9.17) is 16.6 Å². The number of fused-ring (bicyclic) bond motifs is 1. The van der Waals surface area contributed by atoms with Gasteiger partial charge in [-0.15, -0.1) is 13.2 Å². The van der Waals surface area contributed by atoms with Gasteiger partial charge in [-0.3, -0.25) is 9.59 Å². The third-order valence-electron chi connectivity index (χ3n) is 5.66. The van der Waals surface area contributed by atoms with Crippen LogP contribution in [0.3, 0.4) is 0 Å². The summed E-state index contributed by atoms with van der Waals surface area (Å²) < 4.78 is 1.94. The Morgan fingerprint density at radius 3 is 2.53 bits per heavy atom. The predicted octanol–water partition coefficient (Wildman–Crippen LogP) is 4.41. The van der Waals surface area contributed by atoms with Crippen LogP contribution in [0, 0.1) is 0 Å². The first kappa shape index (κ1) is 21.8. The minimum Gasteiger partial charge on any atom is -0.334 e. The van der Waals surface area contributed by atoms with Crippen LogP contribution >= 0.6 is 11.6 Å². The van der Waals surface area contributed by atoms with Gasteiger partial charge in [-0.2, -0.15) is 0 Å². The van der Waals surface area contributed by atoms with E-state index in [0.29, 0.717) is 36.8 Å². The van der Waals surface area contributed by atoms with Gasteiger partial charge in [-0.25, -0.2) is 4.98 Å². The number of hydrogen-bond donors (Lipinski definition) is 0. The lowest BCUT2D eigenvalue weighted by atomic mass is 10.1. The Morgan fingerprint density at radius 2 is 1.81 bits per heavy atom. The normalized spacial score (nSPS) is 15.8.